The number of rotatable bonds is 6. The number of hydrogen-bond donors (Lipinski definition) is 1. The van der Waals surface area contributed by atoms with Gasteiger partial charge in [0.2, 0.25) is 0 Å². The van der Waals surface area contributed by atoms with Gasteiger partial charge in [-0.1, -0.05) is 6.07 Å². The zero-order valence-corrected chi connectivity index (χ0v) is 9.14. The fourth-order valence-electron chi connectivity index (χ4n) is 1.21. The lowest BCUT2D eigenvalue weighted by molar-refractivity contribution is -0.0667. The summed E-state index contributed by atoms with van der Waals surface area (Å²) in [6.07, 6.45) is 2.33. The van der Waals surface area contributed by atoms with Crippen LogP contribution in [0.3, 0.4) is 0 Å². The Hall–Kier alpha value is -0.970. The maximum Gasteiger partial charge on any atom is 0.147 e. The summed E-state index contributed by atoms with van der Waals surface area (Å²) >= 11 is 0. The van der Waals surface area contributed by atoms with Crippen LogP contribution in [0.5, 0.6) is 0 Å². The number of aliphatic hydroxyl groups is 1. The second-order valence-corrected chi connectivity index (χ2v) is 3.27. The van der Waals surface area contributed by atoms with Crippen LogP contribution in [-0.4, -0.2) is 30.6 Å². The maximum atomic E-state index is 8.73. The second kappa shape index (κ2) is 6.50. The summed E-state index contributed by atoms with van der Waals surface area (Å²) in [5.74, 6) is 0. The minimum absolute atomic E-state index is 0.0272. The minimum Gasteiger partial charge on any atom is -0.396 e. The van der Waals surface area contributed by atoms with Gasteiger partial charge < -0.3 is 14.6 Å². The summed E-state index contributed by atoms with van der Waals surface area (Å²) < 4.78 is 10.2. The normalized spacial score (nSPS) is 12.7. The Bertz CT molecular complexity index is 274. The molecule has 0 aliphatic heterocycles. The highest BCUT2D eigenvalue weighted by Crippen LogP contribution is 2.15. The van der Waals surface area contributed by atoms with E-state index in [1.54, 1.807) is 13.3 Å². The van der Waals surface area contributed by atoms with Gasteiger partial charge >= 0.3 is 0 Å². The number of pyridine rings is 1. The van der Waals surface area contributed by atoms with Gasteiger partial charge in [-0.15, -0.1) is 0 Å². The highest BCUT2D eigenvalue weighted by Gasteiger charge is 2.05. The number of methoxy groups -OCH3 is 1. The van der Waals surface area contributed by atoms with E-state index in [2.05, 4.69) is 4.98 Å². The van der Waals surface area contributed by atoms with E-state index in [0.717, 1.165) is 11.3 Å². The van der Waals surface area contributed by atoms with Crippen LogP contribution in [0.15, 0.2) is 18.3 Å². The highest BCUT2D eigenvalue weighted by atomic mass is 16.7. The van der Waals surface area contributed by atoms with Crippen molar-refractivity contribution in [3.05, 3.63) is 29.6 Å². The van der Waals surface area contributed by atoms with E-state index >= 15 is 0 Å². The van der Waals surface area contributed by atoms with Crippen LogP contribution in [0.25, 0.3) is 0 Å². The Morgan fingerprint density at radius 1 is 1.47 bits per heavy atom. The Morgan fingerprint density at radius 2 is 2.27 bits per heavy atom. The van der Waals surface area contributed by atoms with Gasteiger partial charge in [-0.3, -0.25) is 4.98 Å². The first kappa shape index (κ1) is 12.1. The van der Waals surface area contributed by atoms with Crippen LogP contribution in [0, 0.1) is 0 Å². The summed E-state index contributed by atoms with van der Waals surface area (Å²) in [5.41, 5.74) is 1.90. The number of aliphatic hydroxyl groups excluding tert-OH is 1. The van der Waals surface area contributed by atoms with Crippen molar-refractivity contribution in [3.8, 4) is 0 Å². The second-order valence-electron chi connectivity index (χ2n) is 3.27. The van der Waals surface area contributed by atoms with Crippen LogP contribution < -0.4 is 0 Å². The standard InChI is InChI=1S/C11H17NO3/c1-9(15-8-14-2)10-3-4-11(5-6-13)12-7-10/h3-4,7,9,13H,5-6,8H2,1-2H3/t9-/m1/s1. The van der Waals surface area contributed by atoms with Gasteiger partial charge in [0.05, 0.1) is 6.10 Å². The molecule has 1 rings (SSSR count). The van der Waals surface area contributed by atoms with Gasteiger partial charge in [-0.05, 0) is 18.6 Å². The zero-order valence-electron chi connectivity index (χ0n) is 9.14. The molecule has 0 aromatic carbocycles. The molecule has 84 valence electrons. The van der Waals surface area contributed by atoms with Crippen molar-refractivity contribution in [1.29, 1.82) is 0 Å². The van der Waals surface area contributed by atoms with Gasteiger partial charge in [-0.25, -0.2) is 0 Å². The minimum atomic E-state index is -0.0272. The smallest absolute Gasteiger partial charge is 0.147 e. The summed E-state index contributed by atoms with van der Waals surface area (Å²) in [6.45, 7) is 2.35. The Balaban J connectivity index is 2.54. The molecule has 1 aromatic rings. The topological polar surface area (TPSA) is 51.6 Å². The molecule has 0 fully saturated rings. The number of aromatic nitrogens is 1. The average Bonchev–Trinajstić information content (AvgIpc) is 2.27. The first-order chi connectivity index (χ1) is 7.27. The third kappa shape index (κ3) is 3.95. The van der Waals surface area contributed by atoms with Crippen molar-refractivity contribution >= 4 is 0 Å². The lowest BCUT2D eigenvalue weighted by Gasteiger charge is -2.12. The third-order valence-corrected chi connectivity index (χ3v) is 2.12. The molecule has 0 aliphatic rings. The molecule has 1 aromatic heterocycles. The Labute approximate surface area is 89.9 Å². The first-order valence-electron chi connectivity index (χ1n) is 4.94. The number of hydrogen-bond acceptors (Lipinski definition) is 4. The molecule has 0 aliphatic carbocycles. The van der Waals surface area contributed by atoms with Gasteiger partial charge in [0, 0.05) is 32.0 Å². The van der Waals surface area contributed by atoms with Crippen LogP contribution in [0.1, 0.15) is 24.3 Å². The molecule has 0 amide bonds. The zero-order chi connectivity index (χ0) is 11.1. The van der Waals surface area contributed by atoms with Gasteiger partial charge in [0.1, 0.15) is 6.79 Å². The fraction of sp³-hybridized carbons (Fsp3) is 0.545. The van der Waals surface area contributed by atoms with Crippen LogP contribution in [0.2, 0.25) is 0 Å². The Morgan fingerprint density at radius 3 is 2.80 bits per heavy atom. The molecule has 0 saturated heterocycles. The van der Waals surface area contributed by atoms with Crippen molar-refractivity contribution < 1.29 is 14.6 Å². The summed E-state index contributed by atoms with van der Waals surface area (Å²) in [7, 11) is 1.59. The molecular weight excluding hydrogens is 194 g/mol. The monoisotopic (exact) mass is 211 g/mol. The van der Waals surface area contributed by atoms with E-state index in [4.69, 9.17) is 14.6 Å². The summed E-state index contributed by atoms with van der Waals surface area (Å²) in [5, 5.41) is 8.73. The lowest BCUT2D eigenvalue weighted by atomic mass is 10.1. The van der Waals surface area contributed by atoms with Crippen molar-refractivity contribution in [1.82, 2.24) is 4.98 Å². The van der Waals surface area contributed by atoms with Crippen molar-refractivity contribution in [2.24, 2.45) is 0 Å². The molecule has 0 spiro atoms. The van der Waals surface area contributed by atoms with E-state index in [1.807, 2.05) is 19.1 Å². The largest absolute Gasteiger partial charge is 0.396 e. The molecule has 0 saturated carbocycles. The quantitative estimate of drug-likeness (QED) is 0.720. The average molecular weight is 211 g/mol. The molecule has 4 nitrogen and oxygen atoms in total. The SMILES string of the molecule is COCO[C@H](C)c1ccc(CCO)nc1. The number of ether oxygens (including phenoxy) is 2. The molecule has 1 heterocycles. The molecule has 0 radical (unpaired) electrons. The maximum absolute atomic E-state index is 8.73. The van der Waals surface area contributed by atoms with Crippen molar-refractivity contribution in [3.63, 3.8) is 0 Å². The lowest BCUT2D eigenvalue weighted by Crippen LogP contribution is -2.04. The van der Waals surface area contributed by atoms with Crippen LogP contribution in [-0.2, 0) is 15.9 Å². The van der Waals surface area contributed by atoms with Gasteiger partial charge in [0.25, 0.3) is 0 Å². The molecule has 4 heteroatoms. The molecule has 0 unspecified atom stereocenters. The molecule has 0 bridgehead atoms. The highest BCUT2D eigenvalue weighted by molar-refractivity contribution is 5.16. The Kier molecular flexibility index (Phi) is 5.25. The van der Waals surface area contributed by atoms with E-state index < -0.39 is 0 Å². The molecule has 15 heavy (non-hydrogen) atoms. The van der Waals surface area contributed by atoms with E-state index in [-0.39, 0.29) is 19.5 Å². The third-order valence-electron chi connectivity index (χ3n) is 2.12. The first-order valence-corrected chi connectivity index (χ1v) is 4.94. The van der Waals surface area contributed by atoms with Gasteiger partial charge in [-0.2, -0.15) is 0 Å². The summed E-state index contributed by atoms with van der Waals surface area (Å²) in [6, 6.07) is 3.86. The van der Waals surface area contributed by atoms with E-state index in [9.17, 15) is 0 Å². The molecule has 1 atom stereocenters. The molecular formula is C11H17NO3. The predicted molar refractivity (Wildman–Crippen MR) is 56.4 cm³/mol. The fourth-order valence-corrected chi connectivity index (χ4v) is 1.21. The molecule has 1 N–H and O–H groups in total. The van der Waals surface area contributed by atoms with E-state index in [1.165, 1.54) is 0 Å². The number of nitrogens with zero attached hydrogens (tertiary/aromatic N) is 1. The van der Waals surface area contributed by atoms with Crippen molar-refractivity contribution in [2.45, 2.75) is 19.4 Å². The van der Waals surface area contributed by atoms with Gasteiger partial charge in [0.15, 0.2) is 0 Å². The van der Waals surface area contributed by atoms with Crippen molar-refractivity contribution in [2.75, 3.05) is 20.5 Å². The van der Waals surface area contributed by atoms with E-state index in [0.29, 0.717) is 6.42 Å². The summed E-state index contributed by atoms with van der Waals surface area (Å²) in [4.78, 5) is 4.22. The predicted octanol–water partition coefficient (Wildman–Crippen LogP) is 1.30. The van der Waals surface area contributed by atoms with Crippen LogP contribution in [0.4, 0.5) is 0 Å². The van der Waals surface area contributed by atoms with Crippen LogP contribution >= 0.6 is 0 Å².